The molecule has 1 aromatic heterocycles. The van der Waals surface area contributed by atoms with E-state index in [1.54, 1.807) is 12.3 Å². The first-order valence-electron chi connectivity index (χ1n) is 4.53. The minimum absolute atomic E-state index is 0.179. The van der Waals surface area contributed by atoms with E-state index in [1.165, 1.54) is 0 Å². The smallest absolute Gasteiger partial charge is 0.237 e. The predicted octanol–water partition coefficient (Wildman–Crippen LogP) is 3.97. The molecular formula is C11H7Cl3N2. The van der Waals surface area contributed by atoms with Gasteiger partial charge in [-0.05, 0) is 6.07 Å². The molecule has 0 radical (unpaired) electrons. The van der Waals surface area contributed by atoms with Crippen molar-refractivity contribution in [3.05, 3.63) is 48.4 Å². The molecule has 0 bridgehead atoms. The van der Waals surface area contributed by atoms with Gasteiger partial charge in [-0.2, -0.15) is 0 Å². The summed E-state index contributed by atoms with van der Waals surface area (Å²) in [6.07, 6.45) is 1.58. The molecule has 2 nitrogen and oxygen atoms in total. The average molecular weight is 274 g/mol. The largest absolute Gasteiger partial charge is 0.250 e. The molecule has 0 N–H and O–H groups in total. The van der Waals surface area contributed by atoms with E-state index >= 15 is 0 Å². The van der Waals surface area contributed by atoms with Crippen molar-refractivity contribution in [2.24, 2.45) is 0 Å². The Morgan fingerprint density at radius 3 is 2.25 bits per heavy atom. The van der Waals surface area contributed by atoms with E-state index in [-0.39, 0.29) is 5.82 Å². The third-order valence-electron chi connectivity index (χ3n) is 1.98. The molecule has 0 fully saturated rings. The van der Waals surface area contributed by atoms with Crippen molar-refractivity contribution in [3.8, 4) is 11.3 Å². The van der Waals surface area contributed by atoms with Crippen molar-refractivity contribution in [1.82, 2.24) is 9.97 Å². The lowest BCUT2D eigenvalue weighted by Crippen LogP contribution is -2.07. The third kappa shape index (κ3) is 2.64. The van der Waals surface area contributed by atoms with Crippen LogP contribution in [-0.2, 0) is 3.79 Å². The highest BCUT2D eigenvalue weighted by atomic mass is 35.6. The molecule has 5 heteroatoms. The summed E-state index contributed by atoms with van der Waals surface area (Å²) < 4.78 is -1.59. The summed E-state index contributed by atoms with van der Waals surface area (Å²) >= 11 is 17.2. The van der Waals surface area contributed by atoms with Crippen LogP contribution in [-0.4, -0.2) is 9.97 Å². The van der Waals surface area contributed by atoms with Crippen LogP contribution in [0.5, 0.6) is 0 Å². The van der Waals surface area contributed by atoms with Crippen molar-refractivity contribution in [2.75, 3.05) is 0 Å². The minimum atomic E-state index is -1.59. The molecular weight excluding hydrogens is 266 g/mol. The number of halogens is 3. The molecule has 0 saturated heterocycles. The van der Waals surface area contributed by atoms with Crippen LogP contribution in [0, 0.1) is 0 Å². The second-order valence-corrected chi connectivity index (χ2v) is 5.41. The summed E-state index contributed by atoms with van der Waals surface area (Å²) in [5.41, 5.74) is 1.69. The molecule has 2 rings (SSSR count). The first-order valence-corrected chi connectivity index (χ1v) is 5.66. The van der Waals surface area contributed by atoms with Gasteiger partial charge in [0.15, 0.2) is 5.82 Å². The minimum Gasteiger partial charge on any atom is -0.237 e. The zero-order valence-electron chi connectivity index (χ0n) is 8.07. The van der Waals surface area contributed by atoms with Crippen LogP contribution < -0.4 is 0 Å². The monoisotopic (exact) mass is 272 g/mol. The Hall–Kier alpha value is -0.830. The molecule has 0 aliphatic carbocycles. The maximum atomic E-state index is 5.72. The van der Waals surface area contributed by atoms with Gasteiger partial charge in [0.05, 0.1) is 5.69 Å². The molecule has 0 atom stereocenters. The summed E-state index contributed by atoms with van der Waals surface area (Å²) in [6.45, 7) is 0. The van der Waals surface area contributed by atoms with Gasteiger partial charge in [0.2, 0.25) is 3.79 Å². The van der Waals surface area contributed by atoms with Gasteiger partial charge in [0, 0.05) is 11.8 Å². The van der Waals surface area contributed by atoms with Gasteiger partial charge < -0.3 is 0 Å². The van der Waals surface area contributed by atoms with Gasteiger partial charge in [0.25, 0.3) is 0 Å². The average Bonchev–Trinajstić information content (AvgIpc) is 2.29. The SMILES string of the molecule is ClC(Cl)(Cl)c1nccc(-c2ccccc2)n1. The molecule has 0 aliphatic rings. The maximum absolute atomic E-state index is 5.72. The zero-order chi connectivity index (χ0) is 11.6. The second kappa shape index (κ2) is 4.58. The number of nitrogens with zero attached hydrogens (tertiary/aromatic N) is 2. The Morgan fingerprint density at radius 1 is 0.938 bits per heavy atom. The number of aromatic nitrogens is 2. The van der Waals surface area contributed by atoms with Gasteiger partial charge in [0.1, 0.15) is 0 Å². The lowest BCUT2D eigenvalue weighted by atomic mass is 10.1. The Bertz CT molecular complexity index is 480. The van der Waals surface area contributed by atoms with Gasteiger partial charge in [-0.1, -0.05) is 65.1 Å². The van der Waals surface area contributed by atoms with Crippen molar-refractivity contribution in [2.45, 2.75) is 3.79 Å². The van der Waals surface area contributed by atoms with Gasteiger partial charge in [-0.25, -0.2) is 9.97 Å². The first-order chi connectivity index (χ1) is 7.57. The third-order valence-corrected chi connectivity index (χ3v) is 2.49. The fraction of sp³-hybridized carbons (Fsp3) is 0.0909. The van der Waals surface area contributed by atoms with E-state index in [0.717, 1.165) is 11.3 Å². The Kier molecular flexibility index (Phi) is 3.33. The molecule has 0 aliphatic heterocycles. The van der Waals surface area contributed by atoms with E-state index in [1.807, 2.05) is 30.3 Å². The highest BCUT2D eigenvalue weighted by Gasteiger charge is 2.26. The van der Waals surface area contributed by atoms with Crippen molar-refractivity contribution >= 4 is 34.8 Å². The van der Waals surface area contributed by atoms with Crippen LogP contribution in [0.15, 0.2) is 42.6 Å². The fourth-order valence-corrected chi connectivity index (χ4v) is 1.54. The lowest BCUT2D eigenvalue weighted by Gasteiger charge is -2.09. The second-order valence-electron chi connectivity index (χ2n) is 3.13. The van der Waals surface area contributed by atoms with Gasteiger partial charge in [-0.3, -0.25) is 0 Å². The fourth-order valence-electron chi connectivity index (χ4n) is 1.26. The highest BCUT2D eigenvalue weighted by Crippen LogP contribution is 2.36. The number of hydrogen-bond donors (Lipinski definition) is 0. The van der Waals surface area contributed by atoms with Crippen LogP contribution in [0.4, 0.5) is 0 Å². The summed E-state index contributed by atoms with van der Waals surface area (Å²) in [4.78, 5) is 8.14. The molecule has 0 saturated carbocycles. The van der Waals surface area contributed by atoms with Crippen LogP contribution >= 0.6 is 34.8 Å². The summed E-state index contributed by atoms with van der Waals surface area (Å²) in [6, 6.07) is 11.4. The number of rotatable bonds is 1. The van der Waals surface area contributed by atoms with Crippen molar-refractivity contribution in [1.29, 1.82) is 0 Å². The van der Waals surface area contributed by atoms with Crippen LogP contribution in [0.3, 0.4) is 0 Å². The topological polar surface area (TPSA) is 25.8 Å². The van der Waals surface area contributed by atoms with Crippen LogP contribution in [0.25, 0.3) is 11.3 Å². The molecule has 1 heterocycles. The Balaban J connectivity index is 2.45. The van der Waals surface area contributed by atoms with Crippen molar-refractivity contribution < 1.29 is 0 Å². The highest BCUT2D eigenvalue weighted by molar-refractivity contribution is 6.66. The number of hydrogen-bond acceptors (Lipinski definition) is 2. The van der Waals surface area contributed by atoms with Gasteiger partial charge >= 0.3 is 0 Å². The number of benzene rings is 1. The predicted molar refractivity (Wildman–Crippen MR) is 66.7 cm³/mol. The van der Waals surface area contributed by atoms with Crippen LogP contribution in [0.1, 0.15) is 5.82 Å². The van der Waals surface area contributed by atoms with Gasteiger partial charge in [-0.15, -0.1) is 0 Å². The normalized spacial score (nSPS) is 11.4. The number of alkyl halides is 3. The van der Waals surface area contributed by atoms with Crippen molar-refractivity contribution in [3.63, 3.8) is 0 Å². The first kappa shape index (κ1) is 11.6. The molecule has 0 spiro atoms. The van der Waals surface area contributed by atoms with Crippen LogP contribution in [0.2, 0.25) is 0 Å². The van der Waals surface area contributed by atoms with E-state index < -0.39 is 3.79 Å². The molecule has 1 aromatic carbocycles. The summed E-state index contributed by atoms with van der Waals surface area (Å²) in [5, 5.41) is 0. The molecule has 16 heavy (non-hydrogen) atoms. The maximum Gasteiger partial charge on any atom is 0.250 e. The molecule has 2 aromatic rings. The van der Waals surface area contributed by atoms with E-state index in [0.29, 0.717) is 0 Å². The zero-order valence-corrected chi connectivity index (χ0v) is 10.3. The molecule has 82 valence electrons. The molecule has 0 amide bonds. The van der Waals surface area contributed by atoms with E-state index in [9.17, 15) is 0 Å². The standard InChI is InChI=1S/C11H7Cl3N2/c12-11(13,14)10-15-7-6-9(16-10)8-4-2-1-3-5-8/h1-7H. The summed E-state index contributed by atoms with van der Waals surface area (Å²) in [7, 11) is 0. The Labute approximate surface area is 108 Å². The van der Waals surface area contributed by atoms with E-state index in [4.69, 9.17) is 34.8 Å². The molecule has 0 unspecified atom stereocenters. The van der Waals surface area contributed by atoms with E-state index in [2.05, 4.69) is 9.97 Å². The lowest BCUT2D eigenvalue weighted by molar-refractivity contribution is 0.973. The quantitative estimate of drug-likeness (QED) is 0.735. The Morgan fingerprint density at radius 2 is 1.62 bits per heavy atom. The summed E-state index contributed by atoms with van der Waals surface area (Å²) in [5.74, 6) is 0.179.